The lowest BCUT2D eigenvalue weighted by Gasteiger charge is -2.34. The smallest absolute Gasteiger partial charge is 0.352 e. The highest BCUT2D eigenvalue weighted by atomic mass is 35.5. The van der Waals surface area contributed by atoms with E-state index < -0.39 is 56.9 Å². The summed E-state index contributed by atoms with van der Waals surface area (Å²) in [6.07, 6.45) is -4.85. The Morgan fingerprint density at radius 2 is 1.50 bits per heavy atom. The summed E-state index contributed by atoms with van der Waals surface area (Å²) < 4.78 is 70.7. The molecule has 0 aliphatic carbocycles. The predicted molar refractivity (Wildman–Crippen MR) is 181 cm³/mol. The number of benzene rings is 4. The van der Waals surface area contributed by atoms with E-state index >= 15 is 0 Å². The summed E-state index contributed by atoms with van der Waals surface area (Å²) in [5.74, 6) is -1.34. The van der Waals surface area contributed by atoms with Crippen molar-refractivity contribution in [1.29, 1.82) is 0 Å². The Bertz CT molecular complexity index is 1860. The molecule has 0 spiro atoms. The van der Waals surface area contributed by atoms with Crippen LogP contribution in [0.5, 0.6) is 0 Å². The van der Waals surface area contributed by atoms with Gasteiger partial charge in [0.15, 0.2) is 0 Å². The standard InChI is InChI=1S/C35H34Cl2F3N3O4S/c1-23(2)41-34(45)32(19-25-8-5-4-6-9-25)42(21-26-10-7-11-27(36)18-26)33(44)22-43(48(46,47)29-15-12-24(3)13-16-29)28-14-17-31(37)30(20-28)35(38,39)40/h4-18,20,23,32H,19,21-22H2,1-3H3,(H,41,45)/t32-/m1/s1. The SMILES string of the molecule is Cc1ccc(S(=O)(=O)N(CC(=O)N(Cc2cccc(Cl)c2)[C@H](Cc2ccccc2)C(=O)NC(C)C)c2ccc(Cl)c(C(F)(F)F)c2)cc1. The zero-order chi connectivity index (χ0) is 35.2. The molecule has 4 aromatic rings. The quantitative estimate of drug-likeness (QED) is 0.163. The number of halogens is 5. The third kappa shape index (κ3) is 9.30. The molecule has 4 rings (SSSR count). The van der Waals surface area contributed by atoms with Crippen molar-refractivity contribution < 1.29 is 31.2 Å². The van der Waals surface area contributed by atoms with Crippen LogP contribution in [-0.4, -0.2) is 43.8 Å². The van der Waals surface area contributed by atoms with E-state index in [1.165, 1.54) is 29.2 Å². The van der Waals surface area contributed by atoms with Gasteiger partial charge < -0.3 is 10.2 Å². The fourth-order valence-corrected chi connectivity index (χ4v) is 6.86. The largest absolute Gasteiger partial charge is 0.417 e. The topological polar surface area (TPSA) is 86.8 Å². The second kappa shape index (κ2) is 15.4. The molecule has 2 amide bonds. The monoisotopic (exact) mass is 719 g/mol. The molecule has 254 valence electrons. The second-order valence-corrected chi connectivity index (χ2v) is 14.2. The minimum Gasteiger partial charge on any atom is -0.352 e. The van der Waals surface area contributed by atoms with E-state index in [0.29, 0.717) is 21.0 Å². The second-order valence-electron chi connectivity index (χ2n) is 11.5. The molecular formula is C35H34Cl2F3N3O4S. The molecule has 0 radical (unpaired) electrons. The molecule has 1 atom stereocenters. The third-order valence-electron chi connectivity index (χ3n) is 7.38. The van der Waals surface area contributed by atoms with E-state index in [1.54, 1.807) is 75.4 Å². The number of nitrogens with zero attached hydrogens (tertiary/aromatic N) is 2. The van der Waals surface area contributed by atoms with E-state index in [9.17, 15) is 31.2 Å². The van der Waals surface area contributed by atoms with Crippen LogP contribution in [0.3, 0.4) is 0 Å². The van der Waals surface area contributed by atoms with Crippen molar-refractivity contribution in [2.75, 3.05) is 10.8 Å². The first kappa shape index (κ1) is 36.8. The minimum atomic E-state index is -4.91. The molecule has 13 heteroatoms. The van der Waals surface area contributed by atoms with Gasteiger partial charge in [-0.2, -0.15) is 13.2 Å². The molecule has 0 fully saturated rings. The number of nitrogens with one attached hydrogen (secondary N) is 1. The van der Waals surface area contributed by atoms with Crippen molar-refractivity contribution in [1.82, 2.24) is 10.2 Å². The average molecular weight is 721 g/mol. The van der Waals surface area contributed by atoms with E-state index in [1.807, 2.05) is 0 Å². The zero-order valence-electron chi connectivity index (χ0n) is 26.3. The van der Waals surface area contributed by atoms with Crippen LogP contribution < -0.4 is 9.62 Å². The molecule has 0 saturated heterocycles. The number of aryl methyl sites for hydroxylation is 1. The van der Waals surface area contributed by atoms with E-state index in [2.05, 4.69) is 5.32 Å². The predicted octanol–water partition coefficient (Wildman–Crippen LogP) is 7.68. The maximum atomic E-state index is 14.5. The number of anilines is 1. The Labute approximate surface area is 288 Å². The summed E-state index contributed by atoms with van der Waals surface area (Å²) in [4.78, 5) is 29.2. The highest BCUT2D eigenvalue weighted by Crippen LogP contribution is 2.38. The third-order valence-corrected chi connectivity index (χ3v) is 9.73. The summed E-state index contributed by atoms with van der Waals surface area (Å²) in [5.41, 5.74) is 0.309. The molecule has 7 nitrogen and oxygen atoms in total. The van der Waals surface area contributed by atoms with Crippen LogP contribution in [0.1, 0.15) is 36.1 Å². The van der Waals surface area contributed by atoms with Crippen molar-refractivity contribution in [2.45, 2.75) is 56.9 Å². The van der Waals surface area contributed by atoms with E-state index in [0.717, 1.165) is 23.3 Å². The van der Waals surface area contributed by atoms with Crippen molar-refractivity contribution in [2.24, 2.45) is 0 Å². The van der Waals surface area contributed by atoms with Crippen LogP contribution in [0.4, 0.5) is 18.9 Å². The van der Waals surface area contributed by atoms with Gasteiger partial charge in [0, 0.05) is 24.0 Å². The summed E-state index contributed by atoms with van der Waals surface area (Å²) in [6, 6.07) is 22.4. The molecule has 0 unspecified atom stereocenters. The first-order valence-corrected chi connectivity index (χ1v) is 17.1. The number of hydrogen-bond donors (Lipinski definition) is 1. The molecule has 1 N–H and O–H groups in total. The number of amides is 2. The van der Waals surface area contributed by atoms with Crippen LogP contribution in [0.2, 0.25) is 10.0 Å². The number of hydrogen-bond acceptors (Lipinski definition) is 4. The Balaban J connectivity index is 1.87. The summed E-state index contributed by atoms with van der Waals surface area (Å²) in [7, 11) is -4.62. The van der Waals surface area contributed by atoms with E-state index in [4.69, 9.17) is 23.2 Å². The molecule has 0 aliphatic rings. The van der Waals surface area contributed by atoms with Gasteiger partial charge in [0.1, 0.15) is 12.6 Å². The summed E-state index contributed by atoms with van der Waals surface area (Å²) in [5, 5.41) is 2.57. The van der Waals surface area contributed by atoms with Gasteiger partial charge in [0.2, 0.25) is 11.8 Å². The van der Waals surface area contributed by atoms with Gasteiger partial charge in [0.05, 0.1) is 21.2 Å². The lowest BCUT2D eigenvalue weighted by Crippen LogP contribution is -2.54. The van der Waals surface area contributed by atoms with Gasteiger partial charge in [-0.15, -0.1) is 0 Å². The lowest BCUT2D eigenvalue weighted by molar-refractivity contribution is -0.140. The number of alkyl halides is 3. The highest BCUT2D eigenvalue weighted by molar-refractivity contribution is 7.92. The van der Waals surface area contributed by atoms with Gasteiger partial charge in [-0.1, -0.05) is 83.4 Å². The van der Waals surface area contributed by atoms with Crippen LogP contribution in [0, 0.1) is 6.92 Å². The number of carbonyl (C=O) groups excluding carboxylic acids is 2. The molecule has 0 heterocycles. The fourth-order valence-electron chi connectivity index (χ4n) is 5.02. The van der Waals surface area contributed by atoms with Gasteiger partial charge >= 0.3 is 6.18 Å². The van der Waals surface area contributed by atoms with Gasteiger partial charge in [-0.05, 0) is 74.4 Å². The fraction of sp³-hybridized carbons (Fsp3) is 0.257. The molecular weight excluding hydrogens is 686 g/mol. The Hall–Kier alpha value is -4.06. The highest BCUT2D eigenvalue weighted by Gasteiger charge is 2.37. The summed E-state index contributed by atoms with van der Waals surface area (Å²) in [6.45, 7) is 4.17. The number of rotatable bonds is 12. The van der Waals surface area contributed by atoms with Crippen molar-refractivity contribution >= 4 is 50.7 Å². The number of sulfonamides is 1. The van der Waals surface area contributed by atoms with Crippen molar-refractivity contribution in [3.05, 3.63) is 129 Å². The molecule has 0 bridgehead atoms. The first-order chi connectivity index (χ1) is 22.6. The molecule has 0 aliphatic heterocycles. The molecule has 0 saturated carbocycles. The molecule has 48 heavy (non-hydrogen) atoms. The Morgan fingerprint density at radius 3 is 2.10 bits per heavy atom. The van der Waals surface area contributed by atoms with Crippen LogP contribution in [0.25, 0.3) is 0 Å². The minimum absolute atomic E-state index is 0.0651. The normalized spacial score (nSPS) is 12.4. The molecule has 4 aromatic carbocycles. The maximum absolute atomic E-state index is 14.5. The Morgan fingerprint density at radius 1 is 0.854 bits per heavy atom. The van der Waals surface area contributed by atoms with Gasteiger partial charge in [-0.25, -0.2) is 8.42 Å². The number of carbonyl (C=O) groups is 2. The molecule has 0 aromatic heterocycles. The zero-order valence-corrected chi connectivity index (χ0v) is 28.7. The van der Waals surface area contributed by atoms with Crippen LogP contribution >= 0.6 is 23.2 Å². The van der Waals surface area contributed by atoms with Crippen LogP contribution in [-0.2, 0) is 38.8 Å². The Kier molecular flexibility index (Phi) is 11.8. The van der Waals surface area contributed by atoms with Gasteiger partial charge in [-0.3, -0.25) is 13.9 Å². The van der Waals surface area contributed by atoms with E-state index in [-0.39, 0.29) is 23.9 Å². The maximum Gasteiger partial charge on any atom is 0.417 e. The van der Waals surface area contributed by atoms with Gasteiger partial charge in [0.25, 0.3) is 10.0 Å². The van der Waals surface area contributed by atoms with Crippen molar-refractivity contribution in [3.8, 4) is 0 Å². The summed E-state index contributed by atoms with van der Waals surface area (Å²) >= 11 is 12.1. The van der Waals surface area contributed by atoms with Crippen molar-refractivity contribution in [3.63, 3.8) is 0 Å². The van der Waals surface area contributed by atoms with Crippen LogP contribution in [0.15, 0.2) is 102 Å². The lowest BCUT2D eigenvalue weighted by atomic mass is 10.0. The average Bonchev–Trinajstić information content (AvgIpc) is 3.01. The first-order valence-electron chi connectivity index (χ1n) is 14.9.